The molecular formula is C16H25N3O4S. The quantitative estimate of drug-likeness (QED) is 0.730. The van der Waals surface area contributed by atoms with Gasteiger partial charge in [0.25, 0.3) is 0 Å². The maximum Gasteiger partial charge on any atom is 0.240 e. The maximum absolute atomic E-state index is 12.4. The second-order valence-corrected chi connectivity index (χ2v) is 8.22. The molecule has 0 bridgehead atoms. The van der Waals surface area contributed by atoms with Gasteiger partial charge in [0.15, 0.2) is 0 Å². The Hall–Kier alpha value is -1.03. The van der Waals surface area contributed by atoms with Gasteiger partial charge < -0.3 is 14.7 Å². The molecule has 24 heavy (non-hydrogen) atoms. The van der Waals surface area contributed by atoms with Crippen LogP contribution in [0.4, 0.5) is 0 Å². The molecular weight excluding hydrogens is 330 g/mol. The molecule has 0 radical (unpaired) electrons. The number of nitrogens with one attached hydrogen (secondary N) is 1. The molecule has 134 valence electrons. The fraction of sp³-hybridized carbons (Fsp3) is 0.625. The molecule has 8 heteroatoms. The SMILES string of the molecule is CN1CCN(CC2OCC(NS(=O)(=O)c3ccccc3)C2O)CC1. The number of sulfonamides is 1. The highest BCUT2D eigenvalue weighted by Gasteiger charge is 2.39. The summed E-state index contributed by atoms with van der Waals surface area (Å²) in [4.78, 5) is 4.71. The minimum atomic E-state index is -3.65. The summed E-state index contributed by atoms with van der Waals surface area (Å²) in [6.45, 7) is 4.66. The molecule has 0 aliphatic carbocycles. The number of likely N-dealkylation sites (N-methyl/N-ethyl adjacent to an activating group) is 1. The molecule has 3 unspecified atom stereocenters. The average molecular weight is 355 g/mol. The third-order valence-electron chi connectivity index (χ3n) is 4.68. The molecule has 0 spiro atoms. The van der Waals surface area contributed by atoms with E-state index in [1.165, 1.54) is 12.1 Å². The Bertz CT molecular complexity index is 632. The van der Waals surface area contributed by atoms with Crippen molar-refractivity contribution >= 4 is 10.0 Å². The average Bonchev–Trinajstić information content (AvgIpc) is 2.90. The van der Waals surface area contributed by atoms with Crippen molar-refractivity contribution in [3.05, 3.63) is 30.3 Å². The zero-order valence-corrected chi connectivity index (χ0v) is 14.7. The third kappa shape index (κ3) is 4.14. The topological polar surface area (TPSA) is 82.1 Å². The van der Waals surface area contributed by atoms with Crippen molar-refractivity contribution in [2.45, 2.75) is 23.1 Å². The fourth-order valence-electron chi connectivity index (χ4n) is 3.10. The van der Waals surface area contributed by atoms with Gasteiger partial charge in [-0.3, -0.25) is 4.90 Å². The van der Waals surface area contributed by atoms with Crippen molar-refractivity contribution in [1.82, 2.24) is 14.5 Å². The first-order valence-electron chi connectivity index (χ1n) is 8.24. The highest BCUT2D eigenvalue weighted by Crippen LogP contribution is 2.19. The fourth-order valence-corrected chi connectivity index (χ4v) is 4.36. The molecule has 1 aromatic rings. The summed E-state index contributed by atoms with van der Waals surface area (Å²) in [7, 11) is -1.56. The summed E-state index contributed by atoms with van der Waals surface area (Å²) in [5.74, 6) is 0. The molecule has 3 atom stereocenters. The summed E-state index contributed by atoms with van der Waals surface area (Å²) < 4.78 is 33.0. The van der Waals surface area contributed by atoms with Crippen LogP contribution in [0, 0.1) is 0 Å². The van der Waals surface area contributed by atoms with Crippen LogP contribution in [0.3, 0.4) is 0 Å². The van der Waals surface area contributed by atoms with Gasteiger partial charge in [-0.05, 0) is 19.2 Å². The summed E-state index contributed by atoms with van der Waals surface area (Å²) in [5, 5.41) is 10.5. The minimum Gasteiger partial charge on any atom is -0.389 e. The Morgan fingerprint density at radius 3 is 2.54 bits per heavy atom. The molecule has 2 aliphatic heterocycles. The highest BCUT2D eigenvalue weighted by atomic mass is 32.2. The van der Waals surface area contributed by atoms with E-state index in [1.807, 2.05) is 0 Å². The molecule has 2 N–H and O–H groups in total. The first kappa shape index (κ1) is 17.8. The van der Waals surface area contributed by atoms with Gasteiger partial charge in [0, 0.05) is 32.7 Å². The van der Waals surface area contributed by atoms with Crippen molar-refractivity contribution in [3.63, 3.8) is 0 Å². The van der Waals surface area contributed by atoms with Crippen LogP contribution in [0.2, 0.25) is 0 Å². The smallest absolute Gasteiger partial charge is 0.240 e. The number of aliphatic hydroxyl groups excluding tert-OH is 1. The van der Waals surface area contributed by atoms with E-state index in [0.717, 1.165) is 26.2 Å². The standard InChI is InChI=1S/C16H25N3O4S/c1-18-7-9-19(10-8-18)11-15-16(20)14(12-23-15)17-24(21,22)13-5-3-2-4-6-13/h2-6,14-17,20H,7-12H2,1H3. The Balaban J connectivity index is 1.57. The molecule has 0 amide bonds. The lowest BCUT2D eigenvalue weighted by molar-refractivity contribution is 0.00636. The zero-order valence-electron chi connectivity index (χ0n) is 13.8. The van der Waals surface area contributed by atoms with Crippen LogP contribution in [-0.2, 0) is 14.8 Å². The second kappa shape index (κ2) is 7.47. The maximum atomic E-state index is 12.4. The zero-order chi connectivity index (χ0) is 17.2. The molecule has 2 heterocycles. The van der Waals surface area contributed by atoms with Gasteiger partial charge in [0.05, 0.1) is 29.8 Å². The van der Waals surface area contributed by atoms with Gasteiger partial charge in [0.1, 0.15) is 0 Å². The van der Waals surface area contributed by atoms with Crippen LogP contribution in [0.15, 0.2) is 35.2 Å². The highest BCUT2D eigenvalue weighted by molar-refractivity contribution is 7.89. The number of nitrogens with zero attached hydrogens (tertiary/aromatic N) is 2. The first-order chi connectivity index (χ1) is 11.5. The van der Waals surface area contributed by atoms with E-state index in [9.17, 15) is 13.5 Å². The molecule has 2 aliphatic rings. The third-order valence-corrected chi connectivity index (χ3v) is 6.18. The van der Waals surface area contributed by atoms with E-state index in [2.05, 4.69) is 21.6 Å². The lowest BCUT2D eigenvalue weighted by Gasteiger charge is -2.34. The van der Waals surface area contributed by atoms with Gasteiger partial charge in [-0.25, -0.2) is 13.1 Å². The lowest BCUT2D eigenvalue weighted by Crippen LogP contribution is -2.50. The number of hydrogen-bond donors (Lipinski definition) is 2. The second-order valence-electron chi connectivity index (χ2n) is 6.51. The van der Waals surface area contributed by atoms with Crippen LogP contribution in [0.1, 0.15) is 0 Å². The van der Waals surface area contributed by atoms with Crippen molar-refractivity contribution in [1.29, 1.82) is 0 Å². The van der Waals surface area contributed by atoms with Crippen molar-refractivity contribution < 1.29 is 18.3 Å². The Morgan fingerprint density at radius 2 is 1.88 bits per heavy atom. The lowest BCUT2D eigenvalue weighted by atomic mass is 10.1. The Kier molecular flexibility index (Phi) is 5.53. The monoisotopic (exact) mass is 355 g/mol. The van der Waals surface area contributed by atoms with Crippen molar-refractivity contribution in [3.8, 4) is 0 Å². The van der Waals surface area contributed by atoms with E-state index in [-0.39, 0.29) is 17.6 Å². The number of benzene rings is 1. The number of aliphatic hydroxyl groups is 1. The van der Waals surface area contributed by atoms with E-state index >= 15 is 0 Å². The molecule has 0 aromatic heterocycles. The summed E-state index contributed by atoms with van der Waals surface area (Å²) in [6.07, 6.45) is -1.21. The number of ether oxygens (including phenoxy) is 1. The summed E-state index contributed by atoms with van der Waals surface area (Å²) in [6, 6.07) is 7.56. The molecule has 0 saturated carbocycles. The van der Waals surface area contributed by atoms with Gasteiger partial charge in [-0.2, -0.15) is 0 Å². The predicted octanol–water partition coefficient (Wildman–Crippen LogP) is -0.659. The largest absolute Gasteiger partial charge is 0.389 e. The molecule has 7 nitrogen and oxygen atoms in total. The predicted molar refractivity (Wildman–Crippen MR) is 90.2 cm³/mol. The van der Waals surface area contributed by atoms with E-state index in [4.69, 9.17) is 4.74 Å². The Morgan fingerprint density at radius 1 is 1.21 bits per heavy atom. The van der Waals surface area contributed by atoms with Crippen LogP contribution < -0.4 is 4.72 Å². The first-order valence-corrected chi connectivity index (χ1v) is 9.72. The minimum absolute atomic E-state index is 0.186. The molecule has 2 saturated heterocycles. The van der Waals surface area contributed by atoms with Gasteiger partial charge in [0.2, 0.25) is 10.0 Å². The number of rotatable bonds is 5. The van der Waals surface area contributed by atoms with Crippen molar-refractivity contribution in [2.24, 2.45) is 0 Å². The molecule has 1 aromatic carbocycles. The molecule has 3 rings (SSSR count). The van der Waals surface area contributed by atoms with Crippen LogP contribution in [0.5, 0.6) is 0 Å². The van der Waals surface area contributed by atoms with Crippen LogP contribution in [-0.4, -0.2) is 88.0 Å². The van der Waals surface area contributed by atoms with Gasteiger partial charge >= 0.3 is 0 Å². The van der Waals surface area contributed by atoms with E-state index < -0.39 is 22.2 Å². The Labute approximate surface area is 143 Å². The van der Waals surface area contributed by atoms with Crippen LogP contribution >= 0.6 is 0 Å². The molecule has 2 fully saturated rings. The van der Waals surface area contributed by atoms with Gasteiger partial charge in [-0.1, -0.05) is 18.2 Å². The normalized spacial score (nSPS) is 29.8. The number of piperazine rings is 1. The van der Waals surface area contributed by atoms with Gasteiger partial charge in [-0.15, -0.1) is 0 Å². The number of hydrogen-bond acceptors (Lipinski definition) is 6. The summed E-state index contributed by atoms with van der Waals surface area (Å²) in [5.41, 5.74) is 0. The van der Waals surface area contributed by atoms with Crippen LogP contribution in [0.25, 0.3) is 0 Å². The van der Waals surface area contributed by atoms with E-state index in [0.29, 0.717) is 6.54 Å². The summed E-state index contributed by atoms with van der Waals surface area (Å²) >= 11 is 0. The van der Waals surface area contributed by atoms with Crippen molar-refractivity contribution in [2.75, 3.05) is 46.4 Å². The van der Waals surface area contributed by atoms with E-state index in [1.54, 1.807) is 18.2 Å².